The number of rotatable bonds is 6. The topological polar surface area (TPSA) is 62.5 Å². The van der Waals surface area contributed by atoms with Crippen LogP contribution in [0.3, 0.4) is 0 Å². The first-order chi connectivity index (χ1) is 10.2. The SMILES string of the molecule is CCNC(=NCc1nc(C)c(C)o1)NCCc1cccs1.I. The summed E-state index contributed by atoms with van der Waals surface area (Å²) in [6.07, 6.45) is 0.999. The summed E-state index contributed by atoms with van der Waals surface area (Å²) in [4.78, 5) is 10.2. The molecule has 0 atom stereocenters. The maximum Gasteiger partial charge on any atom is 0.216 e. The van der Waals surface area contributed by atoms with Crippen molar-refractivity contribution in [3.05, 3.63) is 39.7 Å². The molecule has 0 unspecified atom stereocenters. The van der Waals surface area contributed by atoms with Crippen LogP contribution < -0.4 is 10.6 Å². The Bertz CT molecular complexity index is 561. The van der Waals surface area contributed by atoms with E-state index in [1.807, 2.05) is 13.8 Å². The fourth-order valence-electron chi connectivity index (χ4n) is 1.85. The summed E-state index contributed by atoms with van der Waals surface area (Å²) in [6.45, 7) is 8.04. The number of nitrogens with one attached hydrogen (secondary N) is 2. The predicted octanol–water partition coefficient (Wildman–Crippen LogP) is 3.27. The maximum atomic E-state index is 5.53. The summed E-state index contributed by atoms with van der Waals surface area (Å²) < 4.78 is 5.53. The summed E-state index contributed by atoms with van der Waals surface area (Å²) in [5.74, 6) is 2.30. The van der Waals surface area contributed by atoms with Gasteiger partial charge in [0.05, 0.1) is 5.69 Å². The molecule has 2 aromatic rings. The Labute approximate surface area is 152 Å². The second-order valence-electron chi connectivity index (χ2n) is 4.70. The number of hydrogen-bond acceptors (Lipinski definition) is 4. The first-order valence-corrected chi connectivity index (χ1v) is 8.04. The highest BCUT2D eigenvalue weighted by Crippen LogP contribution is 2.09. The third-order valence-electron chi connectivity index (χ3n) is 3.03. The van der Waals surface area contributed by atoms with Crippen molar-refractivity contribution in [2.24, 2.45) is 4.99 Å². The summed E-state index contributed by atoms with van der Waals surface area (Å²) in [6, 6.07) is 4.22. The molecule has 0 radical (unpaired) electrons. The highest BCUT2D eigenvalue weighted by atomic mass is 127. The minimum Gasteiger partial charge on any atom is -0.444 e. The second kappa shape index (κ2) is 9.83. The zero-order valence-electron chi connectivity index (χ0n) is 13.2. The number of thiophene rings is 1. The van der Waals surface area contributed by atoms with Crippen LogP contribution in [0, 0.1) is 13.8 Å². The van der Waals surface area contributed by atoms with Crippen LogP contribution in [0.25, 0.3) is 0 Å². The van der Waals surface area contributed by atoms with Gasteiger partial charge in [-0.1, -0.05) is 6.07 Å². The molecule has 2 aromatic heterocycles. The maximum absolute atomic E-state index is 5.53. The number of aliphatic imine (C=N–C) groups is 1. The first-order valence-electron chi connectivity index (χ1n) is 7.16. The first kappa shape index (κ1) is 19.0. The zero-order chi connectivity index (χ0) is 15.1. The van der Waals surface area contributed by atoms with Crippen molar-refractivity contribution >= 4 is 41.3 Å². The van der Waals surface area contributed by atoms with Crippen LogP contribution in [0.15, 0.2) is 26.9 Å². The molecule has 2 N–H and O–H groups in total. The number of halogens is 1. The molecule has 0 aliphatic rings. The van der Waals surface area contributed by atoms with Gasteiger partial charge >= 0.3 is 0 Å². The van der Waals surface area contributed by atoms with E-state index in [2.05, 4.69) is 45.0 Å². The molecule has 2 rings (SSSR count). The van der Waals surface area contributed by atoms with Gasteiger partial charge in [0.25, 0.3) is 0 Å². The van der Waals surface area contributed by atoms with Crippen molar-refractivity contribution in [2.45, 2.75) is 33.7 Å². The lowest BCUT2D eigenvalue weighted by Gasteiger charge is -2.10. The minimum atomic E-state index is 0. The van der Waals surface area contributed by atoms with Crippen LogP contribution in [-0.4, -0.2) is 24.0 Å². The molecule has 0 fully saturated rings. The lowest BCUT2D eigenvalue weighted by atomic mass is 10.3. The van der Waals surface area contributed by atoms with Crippen LogP contribution in [0.2, 0.25) is 0 Å². The smallest absolute Gasteiger partial charge is 0.216 e. The van der Waals surface area contributed by atoms with E-state index in [9.17, 15) is 0 Å². The Morgan fingerprint density at radius 3 is 2.77 bits per heavy atom. The van der Waals surface area contributed by atoms with Gasteiger partial charge in [-0.05, 0) is 38.6 Å². The average Bonchev–Trinajstić information content (AvgIpc) is 3.07. The third kappa shape index (κ3) is 5.96. The van der Waals surface area contributed by atoms with Crippen LogP contribution in [0.1, 0.15) is 29.1 Å². The van der Waals surface area contributed by atoms with Gasteiger partial charge in [0.2, 0.25) is 5.89 Å². The largest absolute Gasteiger partial charge is 0.444 e. The predicted molar refractivity (Wildman–Crippen MR) is 102 cm³/mol. The molecule has 0 aromatic carbocycles. The quantitative estimate of drug-likeness (QED) is 0.416. The van der Waals surface area contributed by atoms with Gasteiger partial charge in [0, 0.05) is 18.0 Å². The molecule has 0 saturated carbocycles. The van der Waals surface area contributed by atoms with Gasteiger partial charge in [-0.3, -0.25) is 0 Å². The molecule has 7 heteroatoms. The van der Waals surface area contributed by atoms with Crippen molar-refractivity contribution in [3.63, 3.8) is 0 Å². The molecule has 0 bridgehead atoms. The Hall–Kier alpha value is -1.09. The Morgan fingerprint density at radius 2 is 2.18 bits per heavy atom. The van der Waals surface area contributed by atoms with Gasteiger partial charge in [-0.25, -0.2) is 9.98 Å². The van der Waals surface area contributed by atoms with Gasteiger partial charge in [0.1, 0.15) is 12.3 Å². The van der Waals surface area contributed by atoms with Gasteiger partial charge in [0.15, 0.2) is 5.96 Å². The summed E-state index contributed by atoms with van der Waals surface area (Å²) in [5, 5.41) is 8.65. The van der Waals surface area contributed by atoms with Gasteiger partial charge < -0.3 is 15.1 Å². The van der Waals surface area contributed by atoms with Crippen LogP contribution in [0.5, 0.6) is 0 Å². The molecule has 2 heterocycles. The summed E-state index contributed by atoms with van der Waals surface area (Å²) >= 11 is 1.78. The highest BCUT2D eigenvalue weighted by Gasteiger charge is 2.05. The van der Waals surface area contributed by atoms with E-state index < -0.39 is 0 Å². The van der Waals surface area contributed by atoms with E-state index in [1.165, 1.54) is 4.88 Å². The number of oxazole rings is 1. The Morgan fingerprint density at radius 1 is 1.36 bits per heavy atom. The molecule has 22 heavy (non-hydrogen) atoms. The molecule has 0 aliphatic heterocycles. The van der Waals surface area contributed by atoms with Crippen molar-refractivity contribution in [2.75, 3.05) is 13.1 Å². The second-order valence-corrected chi connectivity index (χ2v) is 5.73. The molecular formula is C15H23IN4OS. The third-order valence-corrected chi connectivity index (χ3v) is 3.97. The molecule has 0 spiro atoms. The molecule has 0 aliphatic carbocycles. The standard InChI is InChI=1S/C15H22N4OS.HI/c1-4-16-15(17-8-7-13-6-5-9-21-13)18-10-14-19-11(2)12(3)20-14;/h5-6,9H,4,7-8,10H2,1-3H3,(H2,16,17,18);1H. The number of guanidine groups is 1. The fraction of sp³-hybridized carbons (Fsp3) is 0.467. The molecule has 122 valence electrons. The fourth-order valence-corrected chi connectivity index (χ4v) is 2.56. The van der Waals surface area contributed by atoms with Gasteiger partial charge in [-0.2, -0.15) is 0 Å². The molecule has 0 amide bonds. The number of aryl methyl sites for hydroxylation is 2. The van der Waals surface area contributed by atoms with E-state index in [4.69, 9.17) is 4.42 Å². The van der Waals surface area contributed by atoms with Crippen molar-refractivity contribution < 1.29 is 4.42 Å². The number of hydrogen-bond donors (Lipinski definition) is 2. The zero-order valence-corrected chi connectivity index (χ0v) is 16.3. The van der Waals surface area contributed by atoms with Crippen LogP contribution >= 0.6 is 35.3 Å². The van der Waals surface area contributed by atoms with E-state index in [0.717, 1.165) is 36.9 Å². The average molecular weight is 434 g/mol. The van der Waals surface area contributed by atoms with Gasteiger partial charge in [-0.15, -0.1) is 35.3 Å². The number of aromatic nitrogens is 1. The van der Waals surface area contributed by atoms with Crippen LogP contribution in [0.4, 0.5) is 0 Å². The summed E-state index contributed by atoms with van der Waals surface area (Å²) in [5.41, 5.74) is 0.927. The molecule has 5 nitrogen and oxygen atoms in total. The summed E-state index contributed by atoms with van der Waals surface area (Å²) in [7, 11) is 0. The highest BCUT2D eigenvalue weighted by molar-refractivity contribution is 14.0. The molecular weight excluding hydrogens is 411 g/mol. The van der Waals surface area contributed by atoms with Crippen LogP contribution in [-0.2, 0) is 13.0 Å². The lowest BCUT2D eigenvalue weighted by Crippen LogP contribution is -2.38. The van der Waals surface area contributed by atoms with Crippen molar-refractivity contribution in [1.82, 2.24) is 15.6 Å². The van der Waals surface area contributed by atoms with Crippen molar-refractivity contribution in [1.29, 1.82) is 0 Å². The number of nitrogens with zero attached hydrogens (tertiary/aromatic N) is 2. The van der Waals surface area contributed by atoms with E-state index in [-0.39, 0.29) is 24.0 Å². The normalized spacial score (nSPS) is 11.1. The van der Waals surface area contributed by atoms with E-state index >= 15 is 0 Å². The Balaban J connectivity index is 0.00000242. The monoisotopic (exact) mass is 434 g/mol. The van der Waals surface area contributed by atoms with E-state index in [1.54, 1.807) is 11.3 Å². The van der Waals surface area contributed by atoms with E-state index in [0.29, 0.717) is 12.4 Å². The lowest BCUT2D eigenvalue weighted by molar-refractivity contribution is 0.473. The molecule has 0 saturated heterocycles. The van der Waals surface area contributed by atoms with Crippen molar-refractivity contribution in [3.8, 4) is 0 Å². The Kier molecular flexibility index (Phi) is 8.47. The minimum absolute atomic E-state index is 0.